The van der Waals surface area contributed by atoms with Gasteiger partial charge in [0.25, 0.3) is 0 Å². The Morgan fingerprint density at radius 2 is 2.27 bits per heavy atom. The summed E-state index contributed by atoms with van der Waals surface area (Å²) in [6, 6.07) is 0. The molecule has 0 aliphatic rings. The zero-order valence-corrected chi connectivity index (χ0v) is 10.4. The van der Waals surface area contributed by atoms with E-state index in [4.69, 9.17) is 0 Å². The largest absolute Gasteiger partial charge is 0.393 e. The average Bonchev–Trinajstić information content (AvgIpc) is 2.47. The summed E-state index contributed by atoms with van der Waals surface area (Å²) in [5.74, 6) is 0.0251. The molecule has 0 aromatic carbocycles. The highest BCUT2D eigenvalue weighted by molar-refractivity contribution is 7.90. The summed E-state index contributed by atoms with van der Waals surface area (Å²) >= 11 is 1.53. The van der Waals surface area contributed by atoms with E-state index < -0.39 is 15.9 Å². The standard InChI is InChI=1S/C9H15NO3S2/c1-7-10-8(6-14-7)5-9(11)3-4-15(2,12)13/h6,9,11H,3-5H2,1-2H3. The SMILES string of the molecule is Cc1nc(CC(O)CCS(C)(=O)=O)cs1. The van der Waals surface area contributed by atoms with Crippen molar-refractivity contribution in [3.8, 4) is 0 Å². The van der Waals surface area contributed by atoms with Crippen LogP contribution in [-0.2, 0) is 16.3 Å². The molecule has 1 atom stereocenters. The van der Waals surface area contributed by atoms with Crippen LogP contribution in [0.5, 0.6) is 0 Å². The lowest BCUT2D eigenvalue weighted by atomic mass is 10.2. The second-order valence-electron chi connectivity index (χ2n) is 3.63. The molecule has 1 aromatic rings. The van der Waals surface area contributed by atoms with Crippen molar-refractivity contribution in [2.24, 2.45) is 0 Å². The van der Waals surface area contributed by atoms with Crippen LogP contribution in [0.4, 0.5) is 0 Å². The highest BCUT2D eigenvalue weighted by Gasteiger charge is 2.11. The van der Waals surface area contributed by atoms with Gasteiger partial charge < -0.3 is 5.11 Å². The van der Waals surface area contributed by atoms with Crippen LogP contribution < -0.4 is 0 Å². The predicted octanol–water partition coefficient (Wildman–Crippen LogP) is 0.790. The van der Waals surface area contributed by atoms with Crippen LogP contribution >= 0.6 is 11.3 Å². The Labute approximate surface area is 93.9 Å². The molecule has 0 fully saturated rings. The number of nitrogens with zero attached hydrogens (tertiary/aromatic N) is 1. The molecule has 1 aromatic heterocycles. The number of sulfone groups is 1. The summed E-state index contributed by atoms with van der Waals surface area (Å²) in [5, 5.41) is 12.4. The normalized spacial score (nSPS) is 14.1. The monoisotopic (exact) mass is 249 g/mol. The minimum atomic E-state index is -2.98. The van der Waals surface area contributed by atoms with Crippen molar-refractivity contribution >= 4 is 21.2 Å². The minimum absolute atomic E-state index is 0.0251. The number of hydrogen-bond acceptors (Lipinski definition) is 5. The number of hydrogen-bond donors (Lipinski definition) is 1. The lowest BCUT2D eigenvalue weighted by Crippen LogP contribution is -2.16. The lowest BCUT2D eigenvalue weighted by molar-refractivity contribution is 0.170. The van der Waals surface area contributed by atoms with E-state index in [9.17, 15) is 13.5 Å². The molecular formula is C9H15NO3S2. The molecule has 0 radical (unpaired) electrons. The number of aryl methyl sites for hydroxylation is 1. The van der Waals surface area contributed by atoms with E-state index in [1.54, 1.807) is 0 Å². The molecule has 1 heterocycles. The van der Waals surface area contributed by atoms with Gasteiger partial charge in [-0.05, 0) is 13.3 Å². The van der Waals surface area contributed by atoms with Gasteiger partial charge in [-0.1, -0.05) is 0 Å². The van der Waals surface area contributed by atoms with Gasteiger partial charge in [0, 0.05) is 18.1 Å². The van der Waals surface area contributed by atoms with Crippen LogP contribution in [0.1, 0.15) is 17.1 Å². The summed E-state index contributed by atoms with van der Waals surface area (Å²) < 4.78 is 21.7. The van der Waals surface area contributed by atoms with Crippen molar-refractivity contribution in [3.63, 3.8) is 0 Å². The molecule has 4 nitrogen and oxygen atoms in total. The van der Waals surface area contributed by atoms with Gasteiger partial charge in [0.1, 0.15) is 9.84 Å². The van der Waals surface area contributed by atoms with E-state index in [2.05, 4.69) is 4.98 Å². The minimum Gasteiger partial charge on any atom is -0.393 e. The van der Waals surface area contributed by atoms with E-state index in [0.29, 0.717) is 6.42 Å². The average molecular weight is 249 g/mol. The van der Waals surface area contributed by atoms with Gasteiger partial charge in [-0.2, -0.15) is 0 Å². The second-order valence-corrected chi connectivity index (χ2v) is 6.96. The molecule has 1 unspecified atom stereocenters. The molecule has 0 aliphatic carbocycles. The van der Waals surface area contributed by atoms with Gasteiger partial charge >= 0.3 is 0 Å². The van der Waals surface area contributed by atoms with Crippen molar-refractivity contribution in [3.05, 3.63) is 16.1 Å². The van der Waals surface area contributed by atoms with Gasteiger partial charge in [0.15, 0.2) is 0 Å². The van der Waals surface area contributed by atoms with Gasteiger partial charge in [0.2, 0.25) is 0 Å². The topological polar surface area (TPSA) is 67.3 Å². The summed E-state index contributed by atoms with van der Waals surface area (Å²) in [6.45, 7) is 1.90. The first-order valence-corrected chi connectivity index (χ1v) is 7.57. The zero-order valence-electron chi connectivity index (χ0n) is 8.80. The smallest absolute Gasteiger partial charge is 0.147 e. The Balaban J connectivity index is 2.40. The molecule has 15 heavy (non-hydrogen) atoms. The first-order valence-electron chi connectivity index (χ1n) is 4.63. The maximum atomic E-state index is 10.9. The molecule has 0 bridgehead atoms. The van der Waals surface area contributed by atoms with Crippen molar-refractivity contribution in [1.82, 2.24) is 4.98 Å². The van der Waals surface area contributed by atoms with Gasteiger partial charge in [-0.25, -0.2) is 13.4 Å². The molecule has 1 N–H and O–H groups in total. The summed E-state index contributed by atoms with van der Waals surface area (Å²) in [4.78, 5) is 4.20. The molecular weight excluding hydrogens is 234 g/mol. The lowest BCUT2D eigenvalue weighted by Gasteiger charge is -2.07. The molecule has 0 saturated carbocycles. The quantitative estimate of drug-likeness (QED) is 0.837. The highest BCUT2D eigenvalue weighted by Crippen LogP contribution is 2.11. The van der Waals surface area contributed by atoms with E-state index in [-0.39, 0.29) is 12.2 Å². The van der Waals surface area contributed by atoms with Crippen molar-refractivity contribution in [2.75, 3.05) is 12.0 Å². The van der Waals surface area contributed by atoms with E-state index in [1.807, 2.05) is 12.3 Å². The van der Waals surface area contributed by atoms with Gasteiger partial charge in [-0.3, -0.25) is 0 Å². The van der Waals surface area contributed by atoms with Crippen LogP contribution in [0.15, 0.2) is 5.38 Å². The molecule has 0 amide bonds. The summed E-state index contributed by atoms with van der Waals surface area (Å²) in [6.07, 6.45) is 1.25. The number of thiazole rings is 1. The third-order valence-electron chi connectivity index (χ3n) is 1.93. The Kier molecular flexibility index (Phi) is 4.24. The fourth-order valence-corrected chi connectivity index (χ4v) is 2.52. The third-order valence-corrected chi connectivity index (χ3v) is 3.73. The third kappa shape index (κ3) is 5.25. The highest BCUT2D eigenvalue weighted by atomic mass is 32.2. The molecule has 0 aliphatic heterocycles. The van der Waals surface area contributed by atoms with Crippen LogP contribution in [0.2, 0.25) is 0 Å². The number of rotatable bonds is 5. The molecule has 0 spiro atoms. The summed E-state index contributed by atoms with van der Waals surface area (Å²) in [5.41, 5.74) is 0.832. The Bertz CT molecular complexity index is 411. The van der Waals surface area contributed by atoms with Gasteiger partial charge in [-0.15, -0.1) is 11.3 Å². The zero-order chi connectivity index (χ0) is 11.5. The van der Waals surface area contributed by atoms with Crippen molar-refractivity contribution < 1.29 is 13.5 Å². The van der Waals surface area contributed by atoms with Crippen LogP contribution in [0.3, 0.4) is 0 Å². The van der Waals surface area contributed by atoms with Crippen LogP contribution in [0.25, 0.3) is 0 Å². The Morgan fingerprint density at radius 1 is 1.60 bits per heavy atom. The predicted molar refractivity (Wildman–Crippen MR) is 60.9 cm³/mol. The Hall–Kier alpha value is -0.460. The first-order chi connectivity index (χ1) is 6.87. The van der Waals surface area contributed by atoms with E-state index in [1.165, 1.54) is 17.6 Å². The van der Waals surface area contributed by atoms with E-state index in [0.717, 1.165) is 10.7 Å². The molecule has 0 saturated heterocycles. The number of aliphatic hydroxyl groups is 1. The Morgan fingerprint density at radius 3 is 2.73 bits per heavy atom. The molecule has 1 rings (SSSR count). The second kappa shape index (κ2) is 5.05. The maximum absolute atomic E-state index is 10.9. The number of aliphatic hydroxyl groups excluding tert-OH is 1. The fourth-order valence-electron chi connectivity index (χ4n) is 1.20. The number of aromatic nitrogens is 1. The van der Waals surface area contributed by atoms with E-state index >= 15 is 0 Å². The maximum Gasteiger partial charge on any atom is 0.147 e. The molecule has 6 heteroatoms. The molecule has 86 valence electrons. The van der Waals surface area contributed by atoms with Gasteiger partial charge in [0.05, 0.1) is 22.6 Å². The fraction of sp³-hybridized carbons (Fsp3) is 0.667. The van der Waals surface area contributed by atoms with Crippen LogP contribution in [-0.4, -0.2) is 36.6 Å². The first kappa shape index (κ1) is 12.6. The summed E-state index contributed by atoms with van der Waals surface area (Å²) in [7, 11) is -2.98. The van der Waals surface area contributed by atoms with Crippen LogP contribution in [0, 0.1) is 6.92 Å². The van der Waals surface area contributed by atoms with Crippen molar-refractivity contribution in [2.45, 2.75) is 25.9 Å². The van der Waals surface area contributed by atoms with Crippen molar-refractivity contribution in [1.29, 1.82) is 0 Å².